The Balaban J connectivity index is 1.48. The van der Waals surface area contributed by atoms with Gasteiger partial charge < -0.3 is 9.88 Å². The smallest absolute Gasteiger partial charge is 0.255 e. The first-order chi connectivity index (χ1) is 16.6. The van der Waals surface area contributed by atoms with Gasteiger partial charge in [-0.2, -0.15) is 5.10 Å². The summed E-state index contributed by atoms with van der Waals surface area (Å²) in [6.45, 7) is 4.15. The van der Waals surface area contributed by atoms with E-state index >= 15 is 0 Å². The number of aryl methyl sites for hydroxylation is 3. The molecule has 0 radical (unpaired) electrons. The monoisotopic (exact) mass is 475 g/mol. The van der Waals surface area contributed by atoms with E-state index in [9.17, 15) is 4.79 Å². The predicted octanol–water partition coefficient (Wildman–Crippen LogP) is 4.58. The average Bonchev–Trinajstić information content (AvgIpc) is 3.59. The number of thiophene rings is 1. The molecule has 0 fully saturated rings. The summed E-state index contributed by atoms with van der Waals surface area (Å²) in [5, 5.41) is 9.86. The molecule has 0 bridgehead atoms. The molecule has 176 valence electrons. The minimum Gasteiger partial charge on any atom is -0.344 e. The van der Waals surface area contributed by atoms with Crippen LogP contribution in [0.5, 0.6) is 0 Å². The molecule has 4 heterocycles. The van der Waals surface area contributed by atoms with Crippen molar-refractivity contribution < 1.29 is 4.79 Å². The summed E-state index contributed by atoms with van der Waals surface area (Å²) < 4.78 is 3.75. The number of aromatic nitrogens is 6. The summed E-state index contributed by atoms with van der Waals surface area (Å²) in [6, 6.07) is 4.02. The molecule has 0 saturated heterocycles. The third-order valence-corrected chi connectivity index (χ3v) is 7.26. The van der Waals surface area contributed by atoms with Crippen LogP contribution in [0.4, 0.5) is 0 Å². The Kier molecular flexibility index (Phi) is 6.28. The molecule has 34 heavy (non-hydrogen) atoms. The van der Waals surface area contributed by atoms with E-state index < -0.39 is 0 Å². The Morgan fingerprint density at radius 3 is 2.97 bits per heavy atom. The van der Waals surface area contributed by atoms with Crippen molar-refractivity contribution in [2.24, 2.45) is 7.05 Å². The molecule has 9 heteroatoms. The molecule has 0 spiro atoms. The molecule has 0 aromatic carbocycles. The normalized spacial score (nSPS) is 15.3. The highest BCUT2D eigenvalue weighted by Gasteiger charge is 2.28. The molecule has 4 aromatic rings. The molecule has 0 aliphatic heterocycles. The number of carbonyl (C=O) groups is 1. The van der Waals surface area contributed by atoms with Crippen molar-refractivity contribution in [2.75, 3.05) is 0 Å². The number of unbranched alkanes of at least 4 members (excludes halogenated alkanes) is 1. The van der Waals surface area contributed by atoms with Crippen LogP contribution in [0.25, 0.3) is 16.5 Å². The fourth-order valence-electron chi connectivity index (χ4n) is 4.63. The number of amides is 1. The second-order valence-corrected chi connectivity index (χ2v) is 9.75. The Morgan fingerprint density at radius 2 is 2.18 bits per heavy atom. The second-order valence-electron chi connectivity index (χ2n) is 8.80. The molecule has 0 saturated carbocycles. The minimum absolute atomic E-state index is 0.0489. The van der Waals surface area contributed by atoms with E-state index in [2.05, 4.69) is 33.4 Å². The first kappa shape index (κ1) is 22.5. The molecule has 1 unspecified atom stereocenters. The summed E-state index contributed by atoms with van der Waals surface area (Å²) in [7, 11) is 1.99. The van der Waals surface area contributed by atoms with Gasteiger partial charge in [0.1, 0.15) is 0 Å². The Morgan fingerprint density at radius 1 is 1.29 bits per heavy atom. The van der Waals surface area contributed by atoms with Gasteiger partial charge in [0, 0.05) is 13.2 Å². The fraction of sp³-hybridized carbons (Fsp3) is 0.400. The van der Waals surface area contributed by atoms with Crippen molar-refractivity contribution in [3.8, 4) is 16.5 Å². The fourth-order valence-corrected chi connectivity index (χ4v) is 5.41. The van der Waals surface area contributed by atoms with E-state index in [0.29, 0.717) is 11.5 Å². The van der Waals surface area contributed by atoms with Crippen LogP contribution in [0.15, 0.2) is 36.2 Å². The van der Waals surface area contributed by atoms with E-state index in [1.54, 1.807) is 22.2 Å². The maximum absolute atomic E-state index is 13.5. The standard InChI is InChI=1S/C25H29N7OS/c1-4-5-10-20-17(24(33)29-19-9-6-8-18-23(19)31(3)15-27-18)14-28-32(20)25-26-13-16(2)22(30-25)21-11-7-12-34-21/h7,11-15,19H,4-6,8-10H2,1-3H3,(H,29,33). The quantitative estimate of drug-likeness (QED) is 0.422. The Labute approximate surface area is 203 Å². The van der Waals surface area contributed by atoms with E-state index in [-0.39, 0.29) is 11.9 Å². The molecule has 1 aliphatic rings. The van der Waals surface area contributed by atoms with Crippen LogP contribution in [0, 0.1) is 6.92 Å². The lowest BCUT2D eigenvalue weighted by molar-refractivity contribution is 0.0930. The van der Waals surface area contributed by atoms with Gasteiger partial charge in [-0.15, -0.1) is 11.3 Å². The molecular formula is C25H29N7OS. The number of carbonyl (C=O) groups excluding carboxylic acids is 1. The van der Waals surface area contributed by atoms with Crippen LogP contribution in [0.1, 0.15) is 71.7 Å². The highest BCUT2D eigenvalue weighted by atomic mass is 32.1. The maximum Gasteiger partial charge on any atom is 0.255 e. The van der Waals surface area contributed by atoms with Gasteiger partial charge in [0.15, 0.2) is 0 Å². The number of nitrogens with one attached hydrogen (secondary N) is 1. The lowest BCUT2D eigenvalue weighted by Crippen LogP contribution is -2.32. The van der Waals surface area contributed by atoms with Gasteiger partial charge in [0.25, 0.3) is 11.9 Å². The van der Waals surface area contributed by atoms with E-state index in [1.165, 1.54) is 0 Å². The lowest BCUT2D eigenvalue weighted by atomic mass is 9.95. The lowest BCUT2D eigenvalue weighted by Gasteiger charge is -2.24. The second kappa shape index (κ2) is 9.50. The van der Waals surface area contributed by atoms with Gasteiger partial charge in [-0.3, -0.25) is 4.79 Å². The van der Waals surface area contributed by atoms with Crippen molar-refractivity contribution in [3.63, 3.8) is 0 Å². The summed E-state index contributed by atoms with van der Waals surface area (Å²) in [5.74, 6) is 0.382. The number of fused-ring (bicyclic) bond motifs is 1. The Bertz CT molecular complexity index is 1310. The van der Waals surface area contributed by atoms with Crippen molar-refractivity contribution >= 4 is 17.2 Å². The van der Waals surface area contributed by atoms with Crippen LogP contribution >= 0.6 is 11.3 Å². The van der Waals surface area contributed by atoms with Crippen LogP contribution in [-0.2, 0) is 19.9 Å². The minimum atomic E-state index is -0.109. The maximum atomic E-state index is 13.5. The van der Waals surface area contributed by atoms with Crippen molar-refractivity contribution in [3.05, 3.63) is 64.4 Å². The third-order valence-electron chi connectivity index (χ3n) is 6.39. The summed E-state index contributed by atoms with van der Waals surface area (Å²) in [4.78, 5) is 28.4. The topological polar surface area (TPSA) is 90.5 Å². The van der Waals surface area contributed by atoms with Crippen molar-refractivity contribution in [1.29, 1.82) is 0 Å². The molecule has 1 N–H and O–H groups in total. The van der Waals surface area contributed by atoms with Crippen LogP contribution in [0.3, 0.4) is 0 Å². The average molecular weight is 476 g/mol. The van der Waals surface area contributed by atoms with Gasteiger partial charge >= 0.3 is 0 Å². The van der Waals surface area contributed by atoms with Crippen molar-refractivity contribution in [1.82, 2.24) is 34.6 Å². The summed E-state index contributed by atoms with van der Waals surface area (Å²) >= 11 is 1.65. The first-order valence-corrected chi connectivity index (χ1v) is 12.7. The largest absolute Gasteiger partial charge is 0.344 e. The molecule has 1 atom stereocenters. The number of rotatable bonds is 7. The molecule has 5 rings (SSSR count). The van der Waals surface area contributed by atoms with Crippen LogP contribution in [0.2, 0.25) is 0 Å². The number of hydrogen-bond donors (Lipinski definition) is 1. The highest BCUT2D eigenvalue weighted by Crippen LogP contribution is 2.30. The van der Waals surface area contributed by atoms with Gasteiger partial charge in [-0.25, -0.2) is 19.6 Å². The predicted molar refractivity (Wildman–Crippen MR) is 132 cm³/mol. The van der Waals surface area contributed by atoms with E-state index in [0.717, 1.165) is 71.7 Å². The van der Waals surface area contributed by atoms with Gasteiger partial charge in [0.2, 0.25) is 0 Å². The number of nitrogens with zero attached hydrogens (tertiary/aromatic N) is 6. The molecule has 1 aliphatic carbocycles. The third kappa shape index (κ3) is 4.16. The molecule has 1 amide bonds. The van der Waals surface area contributed by atoms with Gasteiger partial charge in [0.05, 0.1) is 51.8 Å². The molecular weight excluding hydrogens is 446 g/mol. The SMILES string of the molecule is CCCCc1c(C(=O)NC2CCCc3ncn(C)c32)cnn1-c1ncc(C)c(-c2cccs2)n1. The summed E-state index contributed by atoms with van der Waals surface area (Å²) in [5.41, 5.74) is 5.52. The summed E-state index contributed by atoms with van der Waals surface area (Å²) in [6.07, 6.45) is 10.9. The first-order valence-electron chi connectivity index (χ1n) is 11.8. The Hall–Kier alpha value is -3.33. The van der Waals surface area contributed by atoms with E-state index in [4.69, 9.17) is 4.98 Å². The number of hydrogen-bond acceptors (Lipinski definition) is 6. The zero-order chi connectivity index (χ0) is 23.7. The van der Waals surface area contributed by atoms with Crippen LogP contribution in [-0.4, -0.2) is 35.2 Å². The highest BCUT2D eigenvalue weighted by molar-refractivity contribution is 7.13. The van der Waals surface area contributed by atoms with E-state index in [1.807, 2.05) is 42.5 Å². The molecule has 8 nitrogen and oxygen atoms in total. The van der Waals surface area contributed by atoms with Gasteiger partial charge in [-0.1, -0.05) is 19.4 Å². The van der Waals surface area contributed by atoms with Crippen LogP contribution < -0.4 is 5.32 Å². The zero-order valence-corrected chi connectivity index (χ0v) is 20.6. The molecule has 4 aromatic heterocycles. The van der Waals surface area contributed by atoms with Gasteiger partial charge in [-0.05, 0) is 56.0 Å². The van der Waals surface area contributed by atoms with Crippen molar-refractivity contribution in [2.45, 2.75) is 58.4 Å². The zero-order valence-electron chi connectivity index (χ0n) is 19.8. The number of imidazole rings is 1.